The summed E-state index contributed by atoms with van der Waals surface area (Å²) in [7, 11) is 0. The summed E-state index contributed by atoms with van der Waals surface area (Å²) < 4.78 is 14.4. The average Bonchev–Trinajstić information content (AvgIpc) is 3.53. The smallest absolute Gasteiger partial charge is 0.274 e. The zero-order valence-corrected chi connectivity index (χ0v) is 14.6. The first-order chi connectivity index (χ1) is 13.1. The summed E-state index contributed by atoms with van der Waals surface area (Å²) in [6.07, 6.45) is 1.87. The third-order valence-electron chi connectivity index (χ3n) is 4.53. The number of aromatic nitrogens is 2. The highest BCUT2D eigenvalue weighted by Gasteiger charge is 2.33. The van der Waals surface area contributed by atoms with Crippen LogP contribution in [0.3, 0.4) is 0 Å². The average molecular weight is 363 g/mol. The second-order valence-electron chi connectivity index (χ2n) is 6.59. The van der Waals surface area contributed by atoms with Gasteiger partial charge in [-0.25, -0.2) is 4.39 Å². The van der Waals surface area contributed by atoms with Crippen LogP contribution in [0.2, 0.25) is 0 Å². The summed E-state index contributed by atoms with van der Waals surface area (Å²) in [5, 5.41) is 4.28. The predicted molar refractivity (Wildman–Crippen MR) is 99.1 cm³/mol. The number of nitrogens with zero attached hydrogens (tertiary/aromatic N) is 3. The van der Waals surface area contributed by atoms with Crippen LogP contribution in [0.1, 0.15) is 28.9 Å². The molecule has 0 bridgehead atoms. The Labute approximate surface area is 155 Å². The molecule has 5 nitrogen and oxygen atoms in total. The number of hydrogen-bond acceptors (Lipinski definition) is 3. The van der Waals surface area contributed by atoms with Crippen LogP contribution in [0.15, 0.2) is 71.5 Å². The summed E-state index contributed by atoms with van der Waals surface area (Å²) >= 11 is 0. The van der Waals surface area contributed by atoms with Crippen molar-refractivity contribution in [2.75, 3.05) is 0 Å². The maximum Gasteiger partial charge on any atom is 0.274 e. The third-order valence-corrected chi connectivity index (χ3v) is 4.53. The molecule has 1 aliphatic rings. The molecule has 1 aromatic heterocycles. The van der Waals surface area contributed by atoms with Crippen molar-refractivity contribution < 1.29 is 9.18 Å². The molecule has 27 heavy (non-hydrogen) atoms. The van der Waals surface area contributed by atoms with Gasteiger partial charge in [-0.15, -0.1) is 0 Å². The third kappa shape index (κ3) is 3.79. The van der Waals surface area contributed by atoms with Crippen LogP contribution in [0, 0.1) is 5.82 Å². The zero-order chi connectivity index (χ0) is 18.8. The molecule has 1 fully saturated rings. The Morgan fingerprint density at radius 1 is 1.04 bits per heavy atom. The minimum atomic E-state index is -0.306. The summed E-state index contributed by atoms with van der Waals surface area (Å²) in [5.41, 5.74) is 1.38. The van der Waals surface area contributed by atoms with Gasteiger partial charge in [-0.3, -0.25) is 9.59 Å². The van der Waals surface area contributed by atoms with Crippen molar-refractivity contribution in [1.82, 2.24) is 14.7 Å². The molecule has 0 unspecified atom stereocenters. The van der Waals surface area contributed by atoms with Crippen LogP contribution in [-0.4, -0.2) is 26.6 Å². The van der Waals surface area contributed by atoms with E-state index in [-0.39, 0.29) is 29.0 Å². The number of hydrogen-bond donors (Lipinski definition) is 0. The van der Waals surface area contributed by atoms with Crippen molar-refractivity contribution in [3.63, 3.8) is 0 Å². The normalized spacial score (nSPS) is 13.4. The van der Waals surface area contributed by atoms with Gasteiger partial charge in [0.15, 0.2) is 0 Å². The second-order valence-corrected chi connectivity index (χ2v) is 6.59. The standard InChI is InChI=1S/C21H18FN3O2/c22-16-8-6-15(7-9-16)14-24(17-10-11-17)21(27)19-12-13-20(26)25(23-19)18-4-2-1-3-5-18/h1-9,12-13,17H,10-11,14H2. The van der Waals surface area contributed by atoms with E-state index in [9.17, 15) is 14.0 Å². The van der Waals surface area contributed by atoms with E-state index >= 15 is 0 Å². The minimum Gasteiger partial charge on any atom is -0.330 e. The van der Waals surface area contributed by atoms with Gasteiger partial charge >= 0.3 is 0 Å². The van der Waals surface area contributed by atoms with Gasteiger partial charge in [0.05, 0.1) is 5.69 Å². The molecule has 0 radical (unpaired) electrons. The maximum atomic E-state index is 13.1. The van der Waals surface area contributed by atoms with Gasteiger partial charge in [-0.05, 0) is 48.7 Å². The van der Waals surface area contributed by atoms with Crippen LogP contribution in [0.25, 0.3) is 5.69 Å². The molecular formula is C21H18FN3O2. The molecule has 4 rings (SSSR count). The predicted octanol–water partition coefficient (Wildman–Crippen LogP) is 3.18. The zero-order valence-electron chi connectivity index (χ0n) is 14.6. The van der Waals surface area contributed by atoms with E-state index in [2.05, 4.69) is 5.10 Å². The van der Waals surface area contributed by atoms with Crippen molar-refractivity contribution in [1.29, 1.82) is 0 Å². The number of para-hydroxylation sites is 1. The largest absolute Gasteiger partial charge is 0.330 e. The van der Waals surface area contributed by atoms with Crippen LogP contribution >= 0.6 is 0 Å². The molecule has 0 atom stereocenters. The molecule has 6 heteroatoms. The number of rotatable bonds is 5. The molecule has 2 aromatic carbocycles. The lowest BCUT2D eigenvalue weighted by Gasteiger charge is -2.22. The lowest BCUT2D eigenvalue weighted by Crippen LogP contribution is -2.35. The fourth-order valence-electron chi connectivity index (χ4n) is 2.97. The van der Waals surface area contributed by atoms with Gasteiger partial charge in [0.2, 0.25) is 0 Å². The molecule has 136 valence electrons. The Morgan fingerprint density at radius 3 is 2.41 bits per heavy atom. The van der Waals surface area contributed by atoms with E-state index in [1.165, 1.54) is 28.9 Å². The molecule has 3 aromatic rings. The van der Waals surface area contributed by atoms with Gasteiger partial charge in [-0.1, -0.05) is 30.3 Å². The number of carbonyl (C=O) groups is 1. The van der Waals surface area contributed by atoms with Crippen molar-refractivity contribution in [2.45, 2.75) is 25.4 Å². The molecule has 0 saturated heterocycles. The topological polar surface area (TPSA) is 55.2 Å². The number of halogens is 1. The summed E-state index contributed by atoms with van der Waals surface area (Å²) in [4.78, 5) is 27.0. The van der Waals surface area contributed by atoms with Crippen LogP contribution in [0.5, 0.6) is 0 Å². The highest BCUT2D eigenvalue weighted by atomic mass is 19.1. The van der Waals surface area contributed by atoms with Gasteiger partial charge in [-0.2, -0.15) is 9.78 Å². The highest BCUT2D eigenvalue weighted by Crippen LogP contribution is 2.29. The van der Waals surface area contributed by atoms with Crippen LogP contribution in [-0.2, 0) is 6.54 Å². The van der Waals surface area contributed by atoms with E-state index in [1.807, 2.05) is 18.2 Å². The summed E-state index contributed by atoms with van der Waals surface area (Å²) in [6.45, 7) is 0.385. The fraction of sp³-hybridized carbons (Fsp3) is 0.190. The first kappa shape index (κ1) is 17.1. The van der Waals surface area contributed by atoms with Gasteiger partial charge in [0.25, 0.3) is 11.5 Å². The Hall–Kier alpha value is -3.28. The molecule has 1 saturated carbocycles. The summed E-state index contributed by atoms with van der Waals surface area (Å²) in [5.74, 6) is -0.536. The minimum absolute atomic E-state index is 0.154. The van der Waals surface area contributed by atoms with Gasteiger partial charge < -0.3 is 4.90 Å². The lowest BCUT2D eigenvalue weighted by atomic mass is 10.2. The highest BCUT2D eigenvalue weighted by molar-refractivity contribution is 5.92. The number of carbonyl (C=O) groups excluding carboxylic acids is 1. The van der Waals surface area contributed by atoms with Crippen LogP contribution in [0.4, 0.5) is 4.39 Å². The molecule has 1 heterocycles. The second kappa shape index (κ2) is 7.15. The van der Waals surface area contributed by atoms with Gasteiger partial charge in [0, 0.05) is 18.7 Å². The number of benzene rings is 2. The monoisotopic (exact) mass is 363 g/mol. The van der Waals surface area contributed by atoms with E-state index < -0.39 is 0 Å². The van der Waals surface area contributed by atoms with Crippen molar-refractivity contribution in [3.05, 3.63) is 94.2 Å². The quantitative estimate of drug-likeness (QED) is 0.700. The molecule has 1 amide bonds. The van der Waals surface area contributed by atoms with Crippen molar-refractivity contribution >= 4 is 5.91 Å². The first-order valence-corrected chi connectivity index (χ1v) is 8.83. The molecular weight excluding hydrogens is 345 g/mol. The first-order valence-electron chi connectivity index (χ1n) is 8.83. The van der Waals surface area contributed by atoms with Crippen LogP contribution < -0.4 is 5.56 Å². The van der Waals surface area contributed by atoms with E-state index in [4.69, 9.17) is 0 Å². The Kier molecular flexibility index (Phi) is 4.54. The Balaban J connectivity index is 1.64. The SMILES string of the molecule is O=C(c1ccc(=O)n(-c2ccccc2)n1)N(Cc1ccc(F)cc1)C1CC1. The van der Waals surface area contributed by atoms with Crippen molar-refractivity contribution in [3.8, 4) is 5.69 Å². The Morgan fingerprint density at radius 2 is 1.74 bits per heavy atom. The summed E-state index contributed by atoms with van der Waals surface area (Å²) in [6, 6.07) is 18.1. The Bertz CT molecular complexity index is 1010. The maximum absolute atomic E-state index is 13.1. The molecule has 0 spiro atoms. The fourth-order valence-corrected chi connectivity index (χ4v) is 2.97. The van der Waals surface area contributed by atoms with E-state index in [0.717, 1.165) is 18.4 Å². The van der Waals surface area contributed by atoms with E-state index in [0.29, 0.717) is 12.2 Å². The van der Waals surface area contributed by atoms with E-state index in [1.54, 1.807) is 29.2 Å². The van der Waals surface area contributed by atoms with Crippen molar-refractivity contribution in [2.24, 2.45) is 0 Å². The molecule has 0 aliphatic heterocycles. The lowest BCUT2D eigenvalue weighted by molar-refractivity contribution is 0.0722. The number of amides is 1. The molecule has 0 N–H and O–H groups in total. The van der Waals surface area contributed by atoms with Gasteiger partial charge in [0.1, 0.15) is 11.5 Å². The molecule has 1 aliphatic carbocycles.